The molecule has 3 nitrogen and oxygen atoms in total. The molecule has 2 aliphatic rings. The second-order valence-corrected chi connectivity index (χ2v) is 6.42. The molecular weight excluding hydrogens is 234 g/mol. The van der Waals surface area contributed by atoms with Crippen LogP contribution in [-0.4, -0.2) is 62.2 Å². The highest BCUT2D eigenvalue weighted by molar-refractivity contribution is 4.78. The van der Waals surface area contributed by atoms with E-state index in [1.54, 1.807) is 0 Å². The Morgan fingerprint density at radius 3 is 2.16 bits per heavy atom. The molecule has 2 heterocycles. The molecule has 0 amide bonds. The molecule has 0 aliphatic carbocycles. The summed E-state index contributed by atoms with van der Waals surface area (Å²) in [7, 11) is 0. The summed E-state index contributed by atoms with van der Waals surface area (Å²) in [4.78, 5) is 5.32. The van der Waals surface area contributed by atoms with E-state index < -0.39 is 0 Å². The van der Waals surface area contributed by atoms with Gasteiger partial charge in [-0.2, -0.15) is 0 Å². The van der Waals surface area contributed by atoms with Crippen LogP contribution in [-0.2, 0) is 0 Å². The Hall–Kier alpha value is -0.120. The van der Waals surface area contributed by atoms with Gasteiger partial charge in [0.2, 0.25) is 0 Å². The third-order valence-corrected chi connectivity index (χ3v) is 5.09. The van der Waals surface area contributed by atoms with Crippen molar-refractivity contribution < 1.29 is 0 Å². The lowest BCUT2D eigenvalue weighted by Crippen LogP contribution is -2.42. The SMILES string of the molecule is CCN(CC)CC1CCN(CC2CCNCC2)CC1. The highest BCUT2D eigenvalue weighted by Gasteiger charge is 2.23. The third kappa shape index (κ3) is 5.05. The second-order valence-electron chi connectivity index (χ2n) is 6.42. The minimum atomic E-state index is 0.948. The second kappa shape index (κ2) is 8.23. The van der Waals surface area contributed by atoms with Crippen LogP contribution in [0.25, 0.3) is 0 Å². The van der Waals surface area contributed by atoms with Gasteiger partial charge in [0.1, 0.15) is 0 Å². The van der Waals surface area contributed by atoms with Crippen LogP contribution in [0.15, 0.2) is 0 Å². The largest absolute Gasteiger partial charge is 0.317 e. The Morgan fingerprint density at radius 1 is 0.947 bits per heavy atom. The molecule has 3 heteroatoms. The Labute approximate surface area is 119 Å². The molecule has 2 fully saturated rings. The van der Waals surface area contributed by atoms with Crippen LogP contribution < -0.4 is 5.32 Å². The zero-order valence-electron chi connectivity index (χ0n) is 13.0. The van der Waals surface area contributed by atoms with E-state index in [0.717, 1.165) is 11.8 Å². The normalized spacial score (nSPS) is 24.2. The quantitative estimate of drug-likeness (QED) is 0.794. The molecule has 0 saturated carbocycles. The maximum Gasteiger partial charge on any atom is 0.00106 e. The third-order valence-electron chi connectivity index (χ3n) is 5.09. The molecule has 0 aromatic rings. The molecule has 0 aromatic carbocycles. The first kappa shape index (κ1) is 15.3. The van der Waals surface area contributed by atoms with Gasteiger partial charge in [-0.1, -0.05) is 13.8 Å². The van der Waals surface area contributed by atoms with Gasteiger partial charge >= 0.3 is 0 Å². The molecule has 0 bridgehead atoms. The highest BCUT2D eigenvalue weighted by Crippen LogP contribution is 2.21. The lowest BCUT2D eigenvalue weighted by molar-refractivity contribution is 0.126. The Bertz CT molecular complexity index is 226. The standard InChI is InChI=1S/C16H33N3/c1-3-18(4-2)13-16-7-11-19(12-8-16)14-15-5-9-17-10-6-15/h15-17H,3-14H2,1-2H3. The van der Waals surface area contributed by atoms with Crippen molar-refractivity contribution in [1.29, 1.82) is 0 Å². The van der Waals surface area contributed by atoms with E-state index in [2.05, 4.69) is 29.0 Å². The van der Waals surface area contributed by atoms with E-state index in [9.17, 15) is 0 Å². The number of rotatable bonds is 6. The minimum Gasteiger partial charge on any atom is -0.317 e. The summed E-state index contributed by atoms with van der Waals surface area (Å²) in [5, 5.41) is 3.47. The fraction of sp³-hybridized carbons (Fsp3) is 1.00. The lowest BCUT2D eigenvalue weighted by atomic mass is 9.93. The van der Waals surface area contributed by atoms with Crippen molar-refractivity contribution >= 4 is 0 Å². The van der Waals surface area contributed by atoms with Gasteiger partial charge in [-0.15, -0.1) is 0 Å². The molecule has 2 saturated heterocycles. The fourth-order valence-corrected chi connectivity index (χ4v) is 3.63. The van der Waals surface area contributed by atoms with Crippen LogP contribution in [0.5, 0.6) is 0 Å². The van der Waals surface area contributed by atoms with E-state index in [-0.39, 0.29) is 0 Å². The number of likely N-dealkylation sites (tertiary alicyclic amines) is 1. The van der Waals surface area contributed by atoms with Gasteiger partial charge in [-0.25, -0.2) is 0 Å². The molecule has 2 rings (SSSR count). The number of nitrogens with one attached hydrogen (secondary N) is 1. The molecule has 0 unspecified atom stereocenters. The highest BCUT2D eigenvalue weighted by atomic mass is 15.1. The summed E-state index contributed by atoms with van der Waals surface area (Å²) >= 11 is 0. The average molecular weight is 267 g/mol. The van der Waals surface area contributed by atoms with Crippen LogP contribution in [0.2, 0.25) is 0 Å². The molecular formula is C16H33N3. The summed E-state index contributed by atoms with van der Waals surface area (Å²) in [5.74, 6) is 1.91. The fourth-order valence-electron chi connectivity index (χ4n) is 3.63. The maximum atomic E-state index is 3.47. The van der Waals surface area contributed by atoms with Crippen molar-refractivity contribution in [2.24, 2.45) is 11.8 Å². The first-order chi connectivity index (χ1) is 9.31. The number of piperidine rings is 2. The first-order valence-electron chi connectivity index (χ1n) is 8.47. The van der Waals surface area contributed by atoms with Gasteiger partial charge in [-0.05, 0) is 76.8 Å². The van der Waals surface area contributed by atoms with Crippen molar-refractivity contribution in [1.82, 2.24) is 15.1 Å². The van der Waals surface area contributed by atoms with Gasteiger partial charge in [0, 0.05) is 13.1 Å². The van der Waals surface area contributed by atoms with Gasteiger partial charge in [-0.3, -0.25) is 0 Å². The van der Waals surface area contributed by atoms with Gasteiger partial charge in [0.05, 0.1) is 0 Å². The Kier molecular flexibility index (Phi) is 6.62. The number of nitrogens with zero attached hydrogens (tertiary/aromatic N) is 2. The van der Waals surface area contributed by atoms with Gasteiger partial charge in [0.25, 0.3) is 0 Å². The number of hydrogen-bond acceptors (Lipinski definition) is 3. The molecule has 0 spiro atoms. The first-order valence-corrected chi connectivity index (χ1v) is 8.47. The van der Waals surface area contributed by atoms with Crippen LogP contribution in [0, 0.1) is 11.8 Å². The molecule has 0 aromatic heterocycles. The van der Waals surface area contributed by atoms with E-state index in [0.29, 0.717) is 0 Å². The zero-order valence-corrected chi connectivity index (χ0v) is 13.0. The molecule has 2 aliphatic heterocycles. The summed E-state index contributed by atoms with van der Waals surface area (Å²) in [6.07, 6.45) is 5.61. The van der Waals surface area contributed by atoms with E-state index >= 15 is 0 Å². The summed E-state index contributed by atoms with van der Waals surface area (Å²) in [6, 6.07) is 0. The predicted molar refractivity (Wildman–Crippen MR) is 82.5 cm³/mol. The minimum absolute atomic E-state index is 0.948. The smallest absolute Gasteiger partial charge is 0.00106 e. The van der Waals surface area contributed by atoms with E-state index in [4.69, 9.17) is 0 Å². The molecule has 112 valence electrons. The molecule has 0 atom stereocenters. The predicted octanol–water partition coefficient (Wildman–Crippen LogP) is 2.04. The average Bonchev–Trinajstić information content (AvgIpc) is 2.47. The molecule has 0 radical (unpaired) electrons. The maximum absolute atomic E-state index is 3.47. The number of hydrogen-bond donors (Lipinski definition) is 1. The lowest BCUT2D eigenvalue weighted by Gasteiger charge is -2.37. The van der Waals surface area contributed by atoms with Crippen molar-refractivity contribution in [3.8, 4) is 0 Å². The van der Waals surface area contributed by atoms with Gasteiger partial charge in [0.15, 0.2) is 0 Å². The summed E-state index contributed by atoms with van der Waals surface area (Å²) in [5.41, 5.74) is 0. The van der Waals surface area contributed by atoms with E-state index in [1.807, 2.05) is 0 Å². The van der Waals surface area contributed by atoms with Crippen molar-refractivity contribution in [3.05, 3.63) is 0 Å². The summed E-state index contributed by atoms with van der Waals surface area (Å²) in [6.45, 7) is 14.9. The van der Waals surface area contributed by atoms with Gasteiger partial charge < -0.3 is 15.1 Å². The zero-order chi connectivity index (χ0) is 13.5. The van der Waals surface area contributed by atoms with Crippen molar-refractivity contribution in [2.45, 2.75) is 39.5 Å². The van der Waals surface area contributed by atoms with Crippen LogP contribution in [0.4, 0.5) is 0 Å². The van der Waals surface area contributed by atoms with Crippen LogP contribution in [0.3, 0.4) is 0 Å². The monoisotopic (exact) mass is 267 g/mol. The van der Waals surface area contributed by atoms with Crippen LogP contribution >= 0.6 is 0 Å². The Balaban J connectivity index is 1.64. The summed E-state index contributed by atoms with van der Waals surface area (Å²) < 4.78 is 0. The van der Waals surface area contributed by atoms with Crippen molar-refractivity contribution in [2.75, 3.05) is 52.4 Å². The van der Waals surface area contributed by atoms with E-state index in [1.165, 1.54) is 78.0 Å². The topological polar surface area (TPSA) is 18.5 Å². The molecule has 19 heavy (non-hydrogen) atoms. The Morgan fingerprint density at radius 2 is 1.58 bits per heavy atom. The van der Waals surface area contributed by atoms with Crippen LogP contribution in [0.1, 0.15) is 39.5 Å². The van der Waals surface area contributed by atoms with Crippen molar-refractivity contribution in [3.63, 3.8) is 0 Å². The molecule has 1 N–H and O–H groups in total.